The van der Waals surface area contributed by atoms with Gasteiger partial charge in [-0.05, 0) is 62.5 Å². The first-order valence-corrected chi connectivity index (χ1v) is 12.2. The Labute approximate surface area is 191 Å². The average Bonchev–Trinajstić information content (AvgIpc) is 3.41. The highest BCUT2D eigenvalue weighted by Crippen LogP contribution is 2.45. The highest BCUT2D eigenvalue weighted by atomic mass is 16.5. The lowest BCUT2D eigenvalue weighted by atomic mass is 9.88. The van der Waals surface area contributed by atoms with Gasteiger partial charge in [-0.1, -0.05) is 24.3 Å². The molecule has 1 aliphatic heterocycles. The lowest BCUT2D eigenvalue weighted by molar-refractivity contribution is -0.134. The van der Waals surface area contributed by atoms with Crippen LogP contribution in [0.15, 0.2) is 36.4 Å². The van der Waals surface area contributed by atoms with E-state index in [1.165, 1.54) is 19.8 Å². The summed E-state index contributed by atoms with van der Waals surface area (Å²) in [5.74, 6) is 3.34. The summed E-state index contributed by atoms with van der Waals surface area (Å²) in [5, 5.41) is 0. The molecule has 3 atom stereocenters. The van der Waals surface area contributed by atoms with Crippen LogP contribution in [0, 0.1) is 17.8 Å². The summed E-state index contributed by atoms with van der Waals surface area (Å²) in [4.78, 5) is 37.8. The van der Waals surface area contributed by atoms with Crippen molar-refractivity contribution >= 4 is 17.5 Å². The number of benzene rings is 1. The van der Waals surface area contributed by atoms with Crippen LogP contribution in [-0.2, 0) is 9.59 Å². The van der Waals surface area contributed by atoms with E-state index >= 15 is 0 Å². The van der Waals surface area contributed by atoms with Gasteiger partial charge in [0.1, 0.15) is 17.6 Å². The van der Waals surface area contributed by atoms with E-state index in [9.17, 15) is 14.4 Å². The van der Waals surface area contributed by atoms with E-state index in [1.54, 1.807) is 0 Å². The Morgan fingerprint density at radius 2 is 1.84 bits per heavy atom. The molecule has 32 heavy (non-hydrogen) atoms. The molecule has 1 aromatic rings. The largest absolute Gasteiger partial charge is 0.490 e. The second kappa shape index (κ2) is 10.5. The molecule has 1 heterocycles. The predicted molar refractivity (Wildman–Crippen MR) is 124 cm³/mol. The summed E-state index contributed by atoms with van der Waals surface area (Å²) < 4.78 is 6.14. The van der Waals surface area contributed by atoms with E-state index in [2.05, 4.69) is 12.2 Å². The first-order chi connectivity index (χ1) is 15.5. The van der Waals surface area contributed by atoms with Gasteiger partial charge in [-0.3, -0.25) is 9.59 Å². The molecule has 3 aliphatic rings. The van der Waals surface area contributed by atoms with E-state index < -0.39 is 0 Å². The van der Waals surface area contributed by atoms with Gasteiger partial charge in [0.15, 0.2) is 5.78 Å². The number of carbonyl (C=O) groups excluding carboxylic acids is 3. The van der Waals surface area contributed by atoms with Gasteiger partial charge in [0.25, 0.3) is 0 Å². The Morgan fingerprint density at radius 1 is 1.03 bits per heavy atom. The first-order valence-electron chi connectivity index (χ1n) is 12.2. The van der Waals surface area contributed by atoms with Gasteiger partial charge in [-0.2, -0.15) is 0 Å². The number of allylic oxidation sites excluding steroid dienone is 2. The van der Waals surface area contributed by atoms with Crippen molar-refractivity contribution in [1.29, 1.82) is 0 Å². The molecule has 2 fully saturated rings. The van der Waals surface area contributed by atoms with Crippen molar-refractivity contribution in [3.63, 3.8) is 0 Å². The summed E-state index contributed by atoms with van der Waals surface area (Å²) >= 11 is 0. The summed E-state index contributed by atoms with van der Waals surface area (Å²) in [6, 6.07) is 7.55. The molecule has 1 saturated heterocycles. The van der Waals surface area contributed by atoms with Crippen LogP contribution in [0.1, 0.15) is 75.1 Å². The molecule has 0 spiro atoms. The van der Waals surface area contributed by atoms with E-state index in [0.29, 0.717) is 32.4 Å². The second-order valence-corrected chi connectivity index (χ2v) is 9.78. The minimum Gasteiger partial charge on any atom is -0.490 e. The van der Waals surface area contributed by atoms with E-state index in [0.717, 1.165) is 54.7 Å². The SMILES string of the molecule is CC(=O)CCC(=O)N1CCC(Oc2cccc(C(=O)CCCC3CC4C=CC3C4)c2)CC1. The number of rotatable bonds is 10. The number of hydrogen-bond donors (Lipinski definition) is 0. The Morgan fingerprint density at radius 3 is 2.53 bits per heavy atom. The molecule has 3 unspecified atom stereocenters. The summed E-state index contributed by atoms with van der Waals surface area (Å²) in [7, 11) is 0. The topological polar surface area (TPSA) is 63.7 Å². The number of nitrogens with zero attached hydrogens (tertiary/aromatic N) is 1. The number of hydrogen-bond acceptors (Lipinski definition) is 4. The maximum absolute atomic E-state index is 12.7. The van der Waals surface area contributed by atoms with Gasteiger partial charge in [-0.15, -0.1) is 0 Å². The molecule has 4 rings (SSSR count). The monoisotopic (exact) mass is 437 g/mol. The predicted octanol–water partition coefficient (Wildman–Crippen LogP) is 4.99. The van der Waals surface area contributed by atoms with Crippen molar-refractivity contribution in [2.45, 2.75) is 70.8 Å². The van der Waals surface area contributed by atoms with Crippen molar-refractivity contribution < 1.29 is 19.1 Å². The summed E-state index contributed by atoms with van der Waals surface area (Å²) in [6.07, 6.45) is 12.3. The molecule has 0 aromatic heterocycles. The van der Waals surface area contributed by atoms with Crippen molar-refractivity contribution in [2.75, 3.05) is 13.1 Å². The minimum atomic E-state index is 0.0445. The van der Waals surface area contributed by atoms with Crippen molar-refractivity contribution in [1.82, 2.24) is 4.90 Å². The molecule has 1 amide bonds. The number of amides is 1. The number of Topliss-reactive ketones (excluding diaryl/α,β-unsaturated/α-hetero) is 2. The van der Waals surface area contributed by atoms with Crippen LogP contribution in [0.3, 0.4) is 0 Å². The molecule has 0 N–H and O–H groups in total. The summed E-state index contributed by atoms with van der Waals surface area (Å²) in [5.41, 5.74) is 0.729. The van der Waals surface area contributed by atoms with E-state index in [-0.39, 0.29) is 23.6 Å². The zero-order chi connectivity index (χ0) is 22.5. The normalized spacial score (nSPS) is 24.7. The standard InChI is InChI=1S/C27H35NO4/c1-19(29)8-11-27(31)28-14-12-24(13-15-28)32-25-6-2-5-23(18-25)26(30)7-3-4-21-16-20-9-10-22(21)17-20/h2,5-6,9-10,18,20-22,24H,3-4,7-8,11-17H2,1H3. The fourth-order valence-corrected chi connectivity index (χ4v) is 5.50. The highest BCUT2D eigenvalue weighted by molar-refractivity contribution is 5.96. The molecular weight excluding hydrogens is 402 g/mol. The zero-order valence-corrected chi connectivity index (χ0v) is 19.1. The van der Waals surface area contributed by atoms with Crippen molar-refractivity contribution in [3.8, 4) is 5.75 Å². The number of fused-ring (bicyclic) bond motifs is 2. The van der Waals surface area contributed by atoms with Gasteiger partial charge in [0, 0.05) is 50.8 Å². The zero-order valence-electron chi connectivity index (χ0n) is 19.1. The van der Waals surface area contributed by atoms with Gasteiger partial charge in [0.05, 0.1) is 0 Å². The molecule has 5 heteroatoms. The van der Waals surface area contributed by atoms with E-state index in [4.69, 9.17) is 4.74 Å². The number of likely N-dealkylation sites (tertiary alicyclic amines) is 1. The molecule has 1 aromatic carbocycles. The maximum atomic E-state index is 12.7. The third kappa shape index (κ3) is 5.87. The molecule has 2 bridgehead atoms. The quantitative estimate of drug-likeness (QED) is 0.382. The molecule has 2 aliphatic carbocycles. The Kier molecular flexibility index (Phi) is 7.44. The van der Waals surface area contributed by atoms with Crippen molar-refractivity contribution in [3.05, 3.63) is 42.0 Å². The minimum absolute atomic E-state index is 0.0445. The van der Waals surface area contributed by atoms with E-state index in [1.807, 2.05) is 29.2 Å². The van der Waals surface area contributed by atoms with Crippen LogP contribution in [0.5, 0.6) is 5.75 Å². The van der Waals surface area contributed by atoms with Gasteiger partial charge in [0.2, 0.25) is 5.91 Å². The smallest absolute Gasteiger partial charge is 0.223 e. The second-order valence-electron chi connectivity index (χ2n) is 9.78. The van der Waals surface area contributed by atoms with Gasteiger partial charge >= 0.3 is 0 Å². The lowest BCUT2D eigenvalue weighted by Gasteiger charge is -2.32. The van der Waals surface area contributed by atoms with Gasteiger partial charge in [-0.25, -0.2) is 0 Å². The van der Waals surface area contributed by atoms with Crippen LogP contribution >= 0.6 is 0 Å². The Hall–Kier alpha value is -2.43. The molecule has 0 radical (unpaired) electrons. The Balaban J connectivity index is 1.20. The molecule has 1 saturated carbocycles. The van der Waals surface area contributed by atoms with Crippen LogP contribution < -0.4 is 4.74 Å². The van der Waals surface area contributed by atoms with Gasteiger partial charge < -0.3 is 14.4 Å². The molecular formula is C27H35NO4. The number of ether oxygens (including phenoxy) is 1. The molecule has 5 nitrogen and oxygen atoms in total. The average molecular weight is 438 g/mol. The van der Waals surface area contributed by atoms with Crippen molar-refractivity contribution in [2.24, 2.45) is 17.8 Å². The third-order valence-electron chi connectivity index (χ3n) is 7.34. The number of piperidine rings is 1. The Bertz CT molecular complexity index is 868. The van der Waals surface area contributed by atoms with Crippen LogP contribution in [-0.4, -0.2) is 41.6 Å². The first kappa shape index (κ1) is 22.8. The fourth-order valence-electron chi connectivity index (χ4n) is 5.50. The van der Waals surface area contributed by atoms with Crippen LogP contribution in [0.2, 0.25) is 0 Å². The fraction of sp³-hybridized carbons (Fsp3) is 0.593. The maximum Gasteiger partial charge on any atom is 0.223 e. The van der Waals surface area contributed by atoms with Crippen LogP contribution in [0.4, 0.5) is 0 Å². The summed E-state index contributed by atoms with van der Waals surface area (Å²) in [6.45, 7) is 2.82. The lowest BCUT2D eigenvalue weighted by Crippen LogP contribution is -2.41. The third-order valence-corrected chi connectivity index (χ3v) is 7.34. The number of ketones is 2. The highest BCUT2D eigenvalue weighted by Gasteiger charge is 2.35. The molecule has 172 valence electrons. The number of carbonyl (C=O) groups is 3. The van der Waals surface area contributed by atoms with Crippen LogP contribution in [0.25, 0.3) is 0 Å².